The third-order valence-corrected chi connectivity index (χ3v) is 14.1. The van der Waals surface area contributed by atoms with Gasteiger partial charge in [0.25, 0.3) is 0 Å². The van der Waals surface area contributed by atoms with Crippen LogP contribution in [0.1, 0.15) is 162 Å². The maximum Gasteiger partial charge on any atom is 0.680 e. The number of hydrogen-bond donors (Lipinski definition) is 4. The van der Waals surface area contributed by atoms with E-state index >= 15 is 0 Å². The molecular formula is C36H72N4O8Si. The lowest BCUT2D eigenvalue weighted by atomic mass is 9.80. The first-order valence-corrected chi connectivity index (χ1v) is 20.1. The van der Waals surface area contributed by atoms with E-state index in [2.05, 4.69) is 0 Å². The predicted molar refractivity (Wildman–Crippen MR) is 189 cm³/mol. The van der Waals surface area contributed by atoms with E-state index in [1.807, 2.05) is 111 Å². The molecule has 0 atom stereocenters. The van der Waals surface area contributed by atoms with Crippen LogP contribution in [0, 0.1) is 0 Å². The van der Waals surface area contributed by atoms with Crippen molar-refractivity contribution in [2.45, 2.75) is 231 Å². The molecular weight excluding hydrogens is 645 g/mol. The van der Waals surface area contributed by atoms with E-state index in [0.29, 0.717) is 51.4 Å². The third-order valence-electron chi connectivity index (χ3n) is 11.6. The highest BCUT2D eigenvalue weighted by Gasteiger charge is 2.61. The minimum absolute atomic E-state index is 0.350. The van der Waals surface area contributed by atoms with Crippen LogP contribution in [-0.2, 0) is 17.7 Å². The molecule has 4 saturated heterocycles. The maximum absolute atomic E-state index is 11.2. The SMILES string of the molecule is CC1(C)CC(O[Si](OC2CC(C)(C)N(O)C(C)(C)C2)(OC2CC(C)(C)N(O)C(C)(C)C2)OC2CC(C)(C)N(O)C(C)(C)C2)CC(C)(C)N1O. The fourth-order valence-corrected chi connectivity index (χ4v) is 12.7. The van der Waals surface area contributed by atoms with Gasteiger partial charge in [-0.2, -0.15) is 20.3 Å². The highest BCUT2D eigenvalue weighted by molar-refractivity contribution is 6.53. The topological polar surface area (TPSA) is 131 Å². The molecule has 13 heteroatoms. The first-order valence-electron chi connectivity index (χ1n) is 18.4. The van der Waals surface area contributed by atoms with Crippen molar-refractivity contribution in [1.29, 1.82) is 0 Å². The van der Waals surface area contributed by atoms with E-state index in [4.69, 9.17) is 17.7 Å². The van der Waals surface area contributed by atoms with Crippen LogP contribution in [0.3, 0.4) is 0 Å². The summed E-state index contributed by atoms with van der Waals surface area (Å²) in [6.07, 6.45) is 2.84. The van der Waals surface area contributed by atoms with Crippen LogP contribution in [0.2, 0.25) is 0 Å². The second-order valence-electron chi connectivity index (χ2n) is 20.8. The van der Waals surface area contributed by atoms with Gasteiger partial charge in [-0.1, -0.05) is 0 Å². The monoisotopic (exact) mass is 717 g/mol. The average Bonchev–Trinajstić information content (AvgIpc) is 2.86. The molecule has 0 aromatic carbocycles. The number of hydroxylamine groups is 8. The zero-order valence-corrected chi connectivity index (χ0v) is 34.7. The zero-order valence-electron chi connectivity index (χ0n) is 33.7. The molecule has 12 nitrogen and oxygen atoms in total. The summed E-state index contributed by atoms with van der Waals surface area (Å²) in [6, 6.07) is 0. The molecule has 0 unspecified atom stereocenters. The van der Waals surface area contributed by atoms with Crippen LogP contribution < -0.4 is 0 Å². The fourth-order valence-electron chi connectivity index (χ4n) is 10.0. The van der Waals surface area contributed by atoms with Gasteiger partial charge in [0.05, 0.1) is 24.4 Å². The molecule has 4 heterocycles. The molecule has 0 aromatic rings. The molecule has 49 heavy (non-hydrogen) atoms. The Kier molecular flexibility index (Phi) is 11.0. The van der Waals surface area contributed by atoms with Crippen LogP contribution in [0.5, 0.6) is 0 Å². The third kappa shape index (κ3) is 8.60. The minimum atomic E-state index is -4.13. The van der Waals surface area contributed by atoms with Gasteiger partial charge in [0.1, 0.15) is 0 Å². The summed E-state index contributed by atoms with van der Waals surface area (Å²) < 4.78 is 29.2. The fraction of sp³-hybridized carbons (Fsp3) is 1.00. The average molecular weight is 717 g/mol. The van der Waals surface area contributed by atoms with E-state index in [9.17, 15) is 20.8 Å². The first kappa shape index (κ1) is 41.5. The maximum atomic E-state index is 11.2. The van der Waals surface area contributed by atoms with Gasteiger partial charge in [0, 0.05) is 44.3 Å². The van der Waals surface area contributed by atoms with Crippen molar-refractivity contribution in [3.8, 4) is 0 Å². The van der Waals surface area contributed by atoms with Crippen LogP contribution >= 0.6 is 0 Å². The van der Waals surface area contributed by atoms with E-state index in [1.54, 1.807) is 0 Å². The number of rotatable bonds is 8. The molecule has 4 aliphatic heterocycles. The Labute approximate surface area is 298 Å². The van der Waals surface area contributed by atoms with E-state index in [0.717, 1.165) is 0 Å². The summed E-state index contributed by atoms with van der Waals surface area (Å²) in [5, 5.41) is 50.5. The Morgan fingerprint density at radius 3 is 0.571 bits per heavy atom. The molecule has 4 rings (SSSR count). The van der Waals surface area contributed by atoms with Crippen molar-refractivity contribution in [1.82, 2.24) is 20.3 Å². The van der Waals surface area contributed by atoms with Gasteiger partial charge in [0.15, 0.2) is 0 Å². The smallest absolute Gasteiger partial charge is 0.348 e. The molecule has 0 saturated carbocycles. The van der Waals surface area contributed by atoms with Crippen molar-refractivity contribution >= 4 is 9.05 Å². The standard InChI is InChI=1S/C36H72N4O8Si/c1-29(2)17-25(18-30(3,4)37(29)41)45-49(46-26-19-31(5,6)38(42)32(7,8)20-26,47-27-21-33(9,10)39(43)34(11,12)22-27)48-28-23-35(13,14)40(44)36(15,16)24-28/h25-28,41-44H,17-24H2,1-16H3. The molecule has 0 amide bonds. The molecule has 4 aliphatic rings. The lowest BCUT2D eigenvalue weighted by molar-refractivity contribution is -0.281. The molecule has 0 bridgehead atoms. The van der Waals surface area contributed by atoms with E-state index < -0.39 is 53.4 Å². The Morgan fingerprint density at radius 1 is 0.327 bits per heavy atom. The van der Waals surface area contributed by atoms with Gasteiger partial charge < -0.3 is 38.5 Å². The number of hydrogen-bond acceptors (Lipinski definition) is 12. The van der Waals surface area contributed by atoms with Gasteiger partial charge in [-0.05, 0) is 162 Å². The summed E-state index contributed by atoms with van der Waals surface area (Å²) in [6.45, 7) is 32.3. The first-order chi connectivity index (χ1) is 21.8. The Bertz CT molecular complexity index is 938. The van der Waals surface area contributed by atoms with Gasteiger partial charge in [0.2, 0.25) is 0 Å². The molecule has 0 spiro atoms. The normalized spacial score (nSPS) is 31.6. The summed E-state index contributed by atoms with van der Waals surface area (Å²) in [5.41, 5.74) is -4.69. The van der Waals surface area contributed by atoms with Crippen molar-refractivity contribution in [2.75, 3.05) is 0 Å². The van der Waals surface area contributed by atoms with Crippen molar-refractivity contribution in [3.63, 3.8) is 0 Å². The van der Waals surface area contributed by atoms with Crippen molar-refractivity contribution < 1.29 is 38.5 Å². The van der Waals surface area contributed by atoms with Gasteiger partial charge in [-0.25, -0.2) is 0 Å². The molecule has 288 valence electrons. The van der Waals surface area contributed by atoms with Gasteiger partial charge in [-0.3, -0.25) is 0 Å². The number of piperidine rings is 4. The number of nitrogens with zero attached hydrogens (tertiary/aromatic N) is 4. The van der Waals surface area contributed by atoms with E-state index in [-0.39, 0.29) is 24.4 Å². The largest absolute Gasteiger partial charge is 0.680 e. The molecule has 4 fully saturated rings. The molecule has 0 aromatic heterocycles. The summed E-state index contributed by atoms with van der Waals surface area (Å²) >= 11 is 0. The highest BCUT2D eigenvalue weighted by atomic mass is 28.4. The van der Waals surface area contributed by atoms with Crippen LogP contribution in [0.25, 0.3) is 0 Å². The van der Waals surface area contributed by atoms with Crippen LogP contribution in [0.4, 0.5) is 0 Å². The van der Waals surface area contributed by atoms with Gasteiger partial charge in [-0.15, -0.1) is 0 Å². The zero-order chi connectivity index (χ0) is 37.6. The lowest BCUT2D eigenvalue weighted by Crippen LogP contribution is -2.68. The molecule has 4 N–H and O–H groups in total. The molecule has 0 aliphatic carbocycles. The van der Waals surface area contributed by atoms with Crippen LogP contribution in [-0.4, -0.2) is 119 Å². The Hall–Kier alpha value is -0.263. The highest BCUT2D eigenvalue weighted by Crippen LogP contribution is 2.46. The predicted octanol–water partition coefficient (Wildman–Crippen LogP) is 7.13. The van der Waals surface area contributed by atoms with Crippen LogP contribution in [0.15, 0.2) is 0 Å². The second-order valence-corrected chi connectivity index (χ2v) is 22.8. The van der Waals surface area contributed by atoms with Crippen molar-refractivity contribution in [2.24, 2.45) is 0 Å². The summed E-state index contributed by atoms with van der Waals surface area (Å²) in [5.74, 6) is 0. The Balaban J connectivity index is 1.84. The summed E-state index contributed by atoms with van der Waals surface area (Å²) in [4.78, 5) is 0. The van der Waals surface area contributed by atoms with Crippen molar-refractivity contribution in [3.05, 3.63) is 0 Å². The quantitative estimate of drug-likeness (QED) is 0.191. The van der Waals surface area contributed by atoms with Gasteiger partial charge >= 0.3 is 9.05 Å². The Morgan fingerprint density at radius 2 is 0.449 bits per heavy atom. The second kappa shape index (κ2) is 12.9. The lowest BCUT2D eigenvalue weighted by Gasteiger charge is -2.56. The van der Waals surface area contributed by atoms with E-state index in [1.165, 1.54) is 20.3 Å². The molecule has 0 radical (unpaired) electrons. The minimum Gasteiger partial charge on any atom is -0.348 e. The summed E-state index contributed by atoms with van der Waals surface area (Å²) in [7, 11) is -4.13.